The average Bonchev–Trinajstić information content (AvgIpc) is 2.40. The van der Waals surface area contributed by atoms with Crippen molar-refractivity contribution in [2.24, 2.45) is 0 Å². The summed E-state index contributed by atoms with van der Waals surface area (Å²) in [5.41, 5.74) is 0.0423. The van der Waals surface area contributed by atoms with E-state index in [1.54, 1.807) is 0 Å². The third kappa shape index (κ3) is 2.81. The molecule has 5 nitrogen and oxygen atoms in total. The highest BCUT2D eigenvalue weighted by Crippen LogP contribution is 2.26. The second kappa shape index (κ2) is 5.48. The Labute approximate surface area is 115 Å². The maximum atomic E-state index is 12.3. The number of rotatable bonds is 2. The van der Waals surface area contributed by atoms with Crippen LogP contribution in [0.5, 0.6) is 5.75 Å². The van der Waals surface area contributed by atoms with Gasteiger partial charge in [0.25, 0.3) is 5.91 Å². The minimum absolute atomic E-state index is 0.0423. The van der Waals surface area contributed by atoms with Crippen LogP contribution in [-0.2, 0) is 4.79 Å². The summed E-state index contributed by atoms with van der Waals surface area (Å²) in [6.07, 6.45) is 1.97. The number of halogens is 1. The lowest BCUT2D eigenvalue weighted by atomic mass is 10.0. The first-order valence-electron chi connectivity index (χ1n) is 6.03. The Morgan fingerprint density at radius 2 is 2.05 bits per heavy atom. The van der Waals surface area contributed by atoms with Crippen molar-refractivity contribution in [2.45, 2.75) is 25.3 Å². The van der Waals surface area contributed by atoms with Crippen molar-refractivity contribution in [3.05, 3.63) is 28.8 Å². The molecule has 0 aliphatic carbocycles. The van der Waals surface area contributed by atoms with Crippen LogP contribution in [0.25, 0.3) is 0 Å². The molecule has 1 unspecified atom stereocenters. The van der Waals surface area contributed by atoms with E-state index < -0.39 is 17.9 Å². The fourth-order valence-corrected chi connectivity index (χ4v) is 2.44. The molecule has 0 aromatic heterocycles. The summed E-state index contributed by atoms with van der Waals surface area (Å²) in [7, 11) is 0. The fraction of sp³-hybridized carbons (Fsp3) is 0.385. The number of likely N-dealkylation sites (tertiary alicyclic amines) is 1. The number of carboxylic acid groups (broad SMARTS) is 1. The first-order chi connectivity index (χ1) is 9.00. The first-order valence-corrected chi connectivity index (χ1v) is 6.41. The molecule has 2 N–H and O–H groups in total. The van der Waals surface area contributed by atoms with Gasteiger partial charge in [0, 0.05) is 11.6 Å². The van der Waals surface area contributed by atoms with Gasteiger partial charge >= 0.3 is 5.97 Å². The Bertz CT molecular complexity index is 517. The number of piperidine rings is 1. The van der Waals surface area contributed by atoms with E-state index >= 15 is 0 Å². The molecular formula is C13H14ClNO4. The van der Waals surface area contributed by atoms with Crippen molar-refractivity contribution < 1.29 is 19.8 Å². The van der Waals surface area contributed by atoms with Gasteiger partial charge in [-0.2, -0.15) is 0 Å². The van der Waals surface area contributed by atoms with Crippen LogP contribution in [0.2, 0.25) is 5.02 Å². The van der Waals surface area contributed by atoms with E-state index in [4.69, 9.17) is 16.7 Å². The molecule has 1 amide bonds. The van der Waals surface area contributed by atoms with Gasteiger partial charge in [0.15, 0.2) is 0 Å². The van der Waals surface area contributed by atoms with Crippen molar-refractivity contribution >= 4 is 23.5 Å². The van der Waals surface area contributed by atoms with Crippen LogP contribution in [0.3, 0.4) is 0 Å². The zero-order valence-electron chi connectivity index (χ0n) is 10.2. The van der Waals surface area contributed by atoms with Crippen molar-refractivity contribution in [1.29, 1.82) is 0 Å². The number of nitrogens with zero attached hydrogens (tertiary/aromatic N) is 1. The van der Waals surface area contributed by atoms with E-state index in [1.165, 1.54) is 23.1 Å². The Hall–Kier alpha value is -1.75. The zero-order valence-corrected chi connectivity index (χ0v) is 10.9. The van der Waals surface area contributed by atoms with E-state index in [-0.39, 0.29) is 11.3 Å². The Kier molecular flexibility index (Phi) is 3.95. The first kappa shape index (κ1) is 13.7. The normalized spacial score (nSPS) is 19.2. The molecule has 1 aliphatic rings. The van der Waals surface area contributed by atoms with Gasteiger partial charge in [0.05, 0.1) is 5.56 Å². The number of carbonyl (C=O) groups is 2. The molecule has 102 valence electrons. The number of carbonyl (C=O) groups excluding carboxylic acids is 1. The molecule has 19 heavy (non-hydrogen) atoms. The number of hydrogen-bond donors (Lipinski definition) is 2. The van der Waals surface area contributed by atoms with Crippen LogP contribution in [-0.4, -0.2) is 39.6 Å². The highest BCUT2D eigenvalue weighted by Gasteiger charge is 2.33. The standard InChI is InChI=1S/C13H14ClNO4/c14-8-4-5-11(16)9(7-8)12(17)15-6-2-1-3-10(15)13(18)19/h4-5,7,10,16H,1-3,6H2,(H,18,19). The van der Waals surface area contributed by atoms with Gasteiger partial charge in [-0.25, -0.2) is 4.79 Å². The van der Waals surface area contributed by atoms with Crippen LogP contribution >= 0.6 is 11.6 Å². The zero-order chi connectivity index (χ0) is 14.0. The highest BCUT2D eigenvalue weighted by atomic mass is 35.5. The number of phenols is 1. The predicted molar refractivity (Wildman–Crippen MR) is 69.4 cm³/mol. The van der Waals surface area contributed by atoms with E-state index in [0.29, 0.717) is 18.0 Å². The van der Waals surface area contributed by atoms with Gasteiger partial charge in [-0.05, 0) is 37.5 Å². The molecule has 0 bridgehead atoms. The number of amides is 1. The van der Waals surface area contributed by atoms with E-state index in [1.807, 2.05) is 0 Å². The maximum absolute atomic E-state index is 12.3. The molecule has 1 aliphatic heterocycles. The van der Waals surface area contributed by atoms with Crippen LogP contribution in [0, 0.1) is 0 Å². The minimum Gasteiger partial charge on any atom is -0.507 e. The minimum atomic E-state index is -1.02. The maximum Gasteiger partial charge on any atom is 0.326 e. The van der Waals surface area contributed by atoms with E-state index in [0.717, 1.165) is 12.8 Å². The summed E-state index contributed by atoms with van der Waals surface area (Å²) < 4.78 is 0. The second-order valence-electron chi connectivity index (χ2n) is 4.51. The molecule has 1 aromatic carbocycles. The molecule has 1 heterocycles. The number of aromatic hydroxyl groups is 1. The van der Waals surface area contributed by atoms with Crippen LogP contribution in [0.4, 0.5) is 0 Å². The average molecular weight is 284 g/mol. The lowest BCUT2D eigenvalue weighted by Crippen LogP contribution is -2.48. The number of carboxylic acids is 1. The molecule has 1 saturated heterocycles. The molecule has 0 saturated carbocycles. The number of hydrogen-bond acceptors (Lipinski definition) is 3. The van der Waals surface area contributed by atoms with Gasteiger partial charge in [0.1, 0.15) is 11.8 Å². The molecule has 1 aromatic rings. The second-order valence-corrected chi connectivity index (χ2v) is 4.95. The number of phenolic OH excluding ortho intramolecular Hbond substituents is 1. The third-order valence-electron chi connectivity index (χ3n) is 3.24. The Morgan fingerprint density at radius 3 is 2.74 bits per heavy atom. The van der Waals surface area contributed by atoms with E-state index in [9.17, 15) is 14.7 Å². The molecule has 0 radical (unpaired) electrons. The Morgan fingerprint density at radius 1 is 1.32 bits per heavy atom. The largest absolute Gasteiger partial charge is 0.507 e. The van der Waals surface area contributed by atoms with Gasteiger partial charge in [-0.1, -0.05) is 11.6 Å². The molecule has 2 rings (SSSR count). The molecular weight excluding hydrogens is 270 g/mol. The van der Waals surface area contributed by atoms with Crippen LogP contribution in [0.1, 0.15) is 29.6 Å². The van der Waals surface area contributed by atoms with Gasteiger partial charge in [-0.3, -0.25) is 4.79 Å². The highest BCUT2D eigenvalue weighted by molar-refractivity contribution is 6.31. The quantitative estimate of drug-likeness (QED) is 0.871. The van der Waals surface area contributed by atoms with Crippen molar-refractivity contribution in [1.82, 2.24) is 4.90 Å². The smallest absolute Gasteiger partial charge is 0.326 e. The summed E-state index contributed by atoms with van der Waals surface area (Å²) in [4.78, 5) is 24.8. The summed E-state index contributed by atoms with van der Waals surface area (Å²) >= 11 is 5.80. The topological polar surface area (TPSA) is 77.8 Å². The van der Waals surface area contributed by atoms with Gasteiger partial charge in [-0.15, -0.1) is 0 Å². The van der Waals surface area contributed by atoms with Crippen LogP contribution < -0.4 is 0 Å². The van der Waals surface area contributed by atoms with Crippen molar-refractivity contribution in [2.75, 3.05) is 6.54 Å². The lowest BCUT2D eigenvalue weighted by molar-refractivity contribution is -0.143. The summed E-state index contributed by atoms with van der Waals surface area (Å²) in [6.45, 7) is 0.377. The van der Waals surface area contributed by atoms with Gasteiger partial charge in [0.2, 0.25) is 0 Å². The summed E-state index contributed by atoms with van der Waals surface area (Å²) in [6, 6.07) is 3.32. The molecule has 1 atom stereocenters. The fourth-order valence-electron chi connectivity index (χ4n) is 2.27. The third-order valence-corrected chi connectivity index (χ3v) is 3.47. The van der Waals surface area contributed by atoms with Gasteiger partial charge < -0.3 is 15.1 Å². The summed E-state index contributed by atoms with van der Waals surface area (Å²) in [5.74, 6) is -1.70. The number of benzene rings is 1. The van der Waals surface area contributed by atoms with Crippen molar-refractivity contribution in [3.8, 4) is 5.75 Å². The van der Waals surface area contributed by atoms with Crippen molar-refractivity contribution in [3.63, 3.8) is 0 Å². The predicted octanol–water partition coefficient (Wildman–Crippen LogP) is 2.12. The number of aliphatic carboxylic acids is 1. The molecule has 1 fully saturated rings. The monoisotopic (exact) mass is 283 g/mol. The Balaban J connectivity index is 2.31. The summed E-state index contributed by atoms with van der Waals surface area (Å²) in [5, 5.41) is 19.2. The lowest BCUT2D eigenvalue weighted by Gasteiger charge is -2.33. The molecule has 6 heteroatoms. The SMILES string of the molecule is O=C(O)C1CCCCN1C(=O)c1cc(Cl)ccc1O. The van der Waals surface area contributed by atoms with E-state index in [2.05, 4.69) is 0 Å². The van der Waals surface area contributed by atoms with Crippen LogP contribution in [0.15, 0.2) is 18.2 Å². The molecule has 0 spiro atoms.